The van der Waals surface area contributed by atoms with E-state index in [1.54, 1.807) is 7.11 Å². The highest BCUT2D eigenvalue weighted by Crippen LogP contribution is 1.82. The average Bonchev–Trinajstić information content (AvgIpc) is 2.10. The molecule has 0 aliphatic rings. The quantitative estimate of drug-likeness (QED) is 0.515. The molecule has 0 aromatic heterocycles. The molecule has 0 aromatic carbocycles. The molecule has 4 nitrogen and oxygen atoms in total. The Balaban J connectivity index is 2.73. The monoisotopic (exact) mass is 198 g/mol. The summed E-state index contributed by atoms with van der Waals surface area (Å²) in [5.74, 6) is 0. The summed E-state index contributed by atoms with van der Waals surface area (Å²) in [7, 11) is 1.64. The van der Waals surface area contributed by atoms with E-state index in [1.165, 1.54) is 0 Å². The first kappa shape index (κ1) is 12.1. The van der Waals surface area contributed by atoms with Gasteiger partial charge in [0.2, 0.25) is 0 Å². The minimum Gasteiger partial charge on any atom is -0.382 e. The van der Waals surface area contributed by atoms with Gasteiger partial charge in [-0.1, -0.05) is 0 Å². The Morgan fingerprint density at radius 3 is 1.83 bits per heavy atom. The third-order valence-electron chi connectivity index (χ3n) is 1.11. The predicted molar refractivity (Wildman–Crippen MR) is 45.3 cm³/mol. The molecule has 0 saturated heterocycles. The van der Waals surface area contributed by atoms with Gasteiger partial charge in [0.25, 0.3) is 0 Å². The minimum atomic E-state index is 0.402. The van der Waals surface area contributed by atoms with Gasteiger partial charge in [-0.05, 0) is 0 Å². The van der Waals surface area contributed by atoms with E-state index >= 15 is 0 Å². The smallest absolute Gasteiger partial charge is 0.0916 e. The van der Waals surface area contributed by atoms with Gasteiger partial charge in [0.1, 0.15) is 0 Å². The Labute approximate surface area is 77.9 Å². The van der Waals surface area contributed by atoms with Crippen molar-refractivity contribution in [1.82, 2.24) is 0 Å². The van der Waals surface area contributed by atoms with E-state index in [9.17, 15) is 0 Å². The molecule has 0 aliphatic heterocycles. The molecule has 0 radical (unpaired) electrons. The van der Waals surface area contributed by atoms with Crippen molar-refractivity contribution in [1.29, 1.82) is 0 Å². The molecule has 0 bridgehead atoms. The normalized spacial score (nSPS) is 10.5. The Kier molecular flexibility index (Phi) is 11.3. The predicted octanol–water partition coefficient (Wildman–Crippen LogP) is 0.836. The van der Waals surface area contributed by atoms with E-state index in [0.717, 1.165) is 0 Å². The van der Waals surface area contributed by atoms with E-state index in [-0.39, 0.29) is 0 Å². The number of methoxy groups -OCH3 is 1. The van der Waals surface area contributed by atoms with Crippen molar-refractivity contribution < 1.29 is 18.5 Å². The Hall–Kier alpha value is 0.130. The number of halogens is 1. The van der Waals surface area contributed by atoms with Gasteiger partial charge < -0.3 is 14.2 Å². The fourth-order valence-electron chi connectivity index (χ4n) is 0.555. The molecule has 74 valence electrons. The highest BCUT2D eigenvalue weighted by molar-refractivity contribution is 6.07. The molecule has 0 unspecified atom stereocenters. The zero-order valence-corrected chi connectivity index (χ0v) is 8.01. The van der Waals surface area contributed by atoms with Crippen LogP contribution in [0.5, 0.6) is 0 Å². The summed E-state index contributed by atoms with van der Waals surface area (Å²) in [6, 6.07) is 0. The number of hydrogen-bond donors (Lipinski definition) is 0. The van der Waals surface area contributed by atoms with Gasteiger partial charge in [0.15, 0.2) is 0 Å². The van der Waals surface area contributed by atoms with Gasteiger partial charge in [-0.25, -0.2) is 0 Å². The molecule has 5 heteroatoms. The van der Waals surface area contributed by atoms with Crippen LogP contribution in [0.15, 0.2) is 0 Å². The highest BCUT2D eigenvalue weighted by atomic mass is 35.5. The van der Waals surface area contributed by atoms with Gasteiger partial charge in [-0.2, -0.15) is 0 Å². The van der Waals surface area contributed by atoms with Crippen LogP contribution in [0.2, 0.25) is 0 Å². The molecule has 0 atom stereocenters. The fraction of sp³-hybridized carbons (Fsp3) is 1.00. The third-order valence-corrected chi connectivity index (χ3v) is 1.26. The van der Waals surface area contributed by atoms with Crippen molar-refractivity contribution >= 4 is 11.9 Å². The molecule has 0 aliphatic carbocycles. The topological polar surface area (TPSA) is 36.9 Å². The maximum absolute atomic E-state index is 5.13. The molecule has 0 heterocycles. The summed E-state index contributed by atoms with van der Waals surface area (Å²) in [4.78, 5) is 0. The average molecular weight is 199 g/mol. The number of hydrogen-bond acceptors (Lipinski definition) is 4. The van der Waals surface area contributed by atoms with Crippen LogP contribution >= 0.6 is 11.9 Å². The Morgan fingerprint density at radius 1 is 0.833 bits per heavy atom. The standard InChI is InChI=1S/C7H15ClO4/c1-9-2-3-10-4-5-11-6-7-12-8/h2-7H2,1H3. The summed E-state index contributed by atoms with van der Waals surface area (Å²) in [5.41, 5.74) is 0. The van der Waals surface area contributed by atoms with Crippen molar-refractivity contribution in [2.75, 3.05) is 46.8 Å². The zero-order chi connectivity index (χ0) is 9.07. The lowest BCUT2D eigenvalue weighted by Gasteiger charge is -2.03. The molecule has 12 heavy (non-hydrogen) atoms. The first-order valence-electron chi connectivity index (χ1n) is 3.79. The summed E-state index contributed by atoms with van der Waals surface area (Å²) in [6.45, 7) is 3.25. The van der Waals surface area contributed by atoms with Crippen LogP contribution < -0.4 is 0 Å². The van der Waals surface area contributed by atoms with Gasteiger partial charge in [-0.15, -0.1) is 0 Å². The lowest BCUT2D eigenvalue weighted by Crippen LogP contribution is -2.10. The third kappa shape index (κ3) is 10.1. The lowest BCUT2D eigenvalue weighted by molar-refractivity contribution is 0.0186. The van der Waals surface area contributed by atoms with E-state index in [2.05, 4.69) is 4.29 Å². The second kappa shape index (κ2) is 11.1. The largest absolute Gasteiger partial charge is 0.382 e. The summed E-state index contributed by atoms with van der Waals surface area (Å²) >= 11 is 4.96. The van der Waals surface area contributed by atoms with E-state index in [0.29, 0.717) is 39.6 Å². The SMILES string of the molecule is COCCOCCOCCOCl. The van der Waals surface area contributed by atoms with Crippen molar-refractivity contribution in [3.8, 4) is 0 Å². The van der Waals surface area contributed by atoms with Crippen molar-refractivity contribution in [3.63, 3.8) is 0 Å². The molecule has 0 saturated carbocycles. The second-order valence-electron chi connectivity index (χ2n) is 2.03. The molecule has 0 aromatic rings. The van der Waals surface area contributed by atoms with Gasteiger partial charge >= 0.3 is 0 Å². The van der Waals surface area contributed by atoms with Crippen LogP contribution in [-0.2, 0) is 18.5 Å². The van der Waals surface area contributed by atoms with Crippen LogP contribution in [-0.4, -0.2) is 46.8 Å². The van der Waals surface area contributed by atoms with Gasteiger partial charge in [-0.3, -0.25) is 4.29 Å². The summed E-state index contributed by atoms with van der Waals surface area (Å²) in [5, 5.41) is 0. The Morgan fingerprint density at radius 2 is 1.33 bits per heavy atom. The van der Waals surface area contributed by atoms with Crippen molar-refractivity contribution in [3.05, 3.63) is 0 Å². The lowest BCUT2D eigenvalue weighted by atomic mass is 10.7. The number of ether oxygens (including phenoxy) is 3. The Bertz CT molecular complexity index is 71.8. The molecular formula is C7H15ClO4. The maximum atomic E-state index is 5.13. The fourth-order valence-corrected chi connectivity index (χ4v) is 0.618. The highest BCUT2D eigenvalue weighted by Gasteiger charge is 1.89. The van der Waals surface area contributed by atoms with Crippen LogP contribution in [0.3, 0.4) is 0 Å². The molecule has 0 rings (SSSR count). The molecule has 0 N–H and O–H groups in total. The van der Waals surface area contributed by atoms with Gasteiger partial charge in [0.05, 0.1) is 51.5 Å². The van der Waals surface area contributed by atoms with Crippen LogP contribution in [0, 0.1) is 0 Å². The van der Waals surface area contributed by atoms with Crippen LogP contribution in [0.1, 0.15) is 0 Å². The van der Waals surface area contributed by atoms with E-state index in [4.69, 9.17) is 26.1 Å². The number of rotatable bonds is 9. The summed E-state index contributed by atoms with van der Waals surface area (Å²) < 4.78 is 19.3. The molecular weight excluding hydrogens is 184 g/mol. The van der Waals surface area contributed by atoms with E-state index < -0.39 is 0 Å². The van der Waals surface area contributed by atoms with Crippen molar-refractivity contribution in [2.24, 2.45) is 0 Å². The molecule has 0 spiro atoms. The summed E-state index contributed by atoms with van der Waals surface area (Å²) in [6.07, 6.45) is 0. The van der Waals surface area contributed by atoms with Crippen molar-refractivity contribution in [2.45, 2.75) is 0 Å². The first-order chi connectivity index (χ1) is 5.91. The first-order valence-corrected chi connectivity index (χ1v) is 4.10. The van der Waals surface area contributed by atoms with Gasteiger partial charge in [0, 0.05) is 7.11 Å². The van der Waals surface area contributed by atoms with Crippen LogP contribution in [0.25, 0.3) is 0 Å². The van der Waals surface area contributed by atoms with Crippen LogP contribution in [0.4, 0.5) is 0 Å². The molecule has 0 fully saturated rings. The molecule has 0 amide bonds. The van der Waals surface area contributed by atoms with E-state index in [1.807, 2.05) is 0 Å². The maximum Gasteiger partial charge on any atom is 0.0916 e. The minimum absolute atomic E-state index is 0.402. The second-order valence-corrected chi connectivity index (χ2v) is 2.25. The zero-order valence-electron chi connectivity index (χ0n) is 7.25.